The molecule has 0 aromatic carbocycles. The molecule has 0 spiro atoms. The first kappa shape index (κ1) is 15.1. The third kappa shape index (κ3) is 3.33. The molecule has 0 amide bonds. The maximum Gasteiger partial charge on any atom is 0.140 e. The molecule has 2 atom stereocenters. The molecule has 0 aliphatic heterocycles. The summed E-state index contributed by atoms with van der Waals surface area (Å²) in [6.07, 6.45) is 10.2. The van der Waals surface area contributed by atoms with Gasteiger partial charge in [0.1, 0.15) is 11.5 Å². The van der Waals surface area contributed by atoms with Crippen molar-refractivity contribution < 1.29 is 4.52 Å². The Kier molecular flexibility index (Phi) is 4.39. The Morgan fingerprint density at radius 3 is 2.67 bits per heavy atom. The van der Waals surface area contributed by atoms with Crippen molar-refractivity contribution >= 4 is 0 Å². The van der Waals surface area contributed by atoms with E-state index in [0.29, 0.717) is 11.5 Å². The second-order valence-corrected chi connectivity index (χ2v) is 7.98. The Hall–Kier alpha value is -0.830. The van der Waals surface area contributed by atoms with E-state index in [9.17, 15) is 0 Å². The van der Waals surface area contributed by atoms with E-state index in [2.05, 4.69) is 31.2 Å². The average molecular weight is 290 g/mol. The molecular formula is C18H30N2O. The molecule has 0 radical (unpaired) electrons. The Morgan fingerprint density at radius 2 is 1.86 bits per heavy atom. The van der Waals surface area contributed by atoms with Crippen LogP contribution >= 0.6 is 0 Å². The molecule has 21 heavy (non-hydrogen) atoms. The van der Waals surface area contributed by atoms with Crippen molar-refractivity contribution in [2.45, 2.75) is 84.7 Å². The lowest BCUT2D eigenvalue weighted by Gasteiger charge is -2.41. The third-order valence-corrected chi connectivity index (χ3v) is 5.44. The van der Waals surface area contributed by atoms with Gasteiger partial charge in [-0.2, -0.15) is 0 Å². The van der Waals surface area contributed by atoms with Crippen molar-refractivity contribution in [3.63, 3.8) is 0 Å². The molecule has 118 valence electrons. The van der Waals surface area contributed by atoms with E-state index >= 15 is 0 Å². The highest BCUT2D eigenvalue weighted by atomic mass is 16.5. The molecule has 3 nitrogen and oxygen atoms in total. The lowest BCUT2D eigenvalue weighted by molar-refractivity contribution is 0.129. The van der Waals surface area contributed by atoms with Crippen LogP contribution in [0.25, 0.3) is 0 Å². The zero-order valence-electron chi connectivity index (χ0n) is 13.9. The predicted octanol–water partition coefficient (Wildman–Crippen LogP) is 4.25. The summed E-state index contributed by atoms with van der Waals surface area (Å²) in [5.74, 6) is 1.92. The first-order valence-electron chi connectivity index (χ1n) is 8.75. The van der Waals surface area contributed by atoms with Gasteiger partial charge in [0.2, 0.25) is 0 Å². The molecule has 1 saturated carbocycles. The zero-order chi connectivity index (χ0) is 14.9. The minimum absolute atomic E-state index is 0.390. The number of aryl methyl sites for hydroxylation is 1. The van der Waals surface area contributed by atoms with Crippen LogP contribution in [-0.2, 0) is 19.4 Å². The van der Waals surface area contributed by atoms with Crippen LogP contribution in [0.1, 0.15) is 76.3 Å². The summed E-state index contributed by atoms with van der Waals surface area (Å²) < 4.78 is 5.53. The third-order valence-electron chi connectivity index (χ3n) is 5.44. The van der Waals surface area contributed by atoms with E-state index in [1.165, 1.54) is 49.8 Å². The number of nitrogens with one attached hydrogen (secondary N) is 1. The van der Waals surface area contributed by atoms with Crippen LogP contribution < -0.4 is 5.32 Å². The standard InChI is InChI=1S/C18H30N2O/c1-18(2,3)14-9-5-6-10-15(14)19-12-16-13-8-4-7-11-17(13)21-20-16/h14-15,19H,4-12H2,1-3H3. The van der Waals surface area contributed by atoms with Crippen LogP contribution in [0.5, 0.6) is 0 Å². The quantitative estimate of drug-likeness (QED) is 0.904. The second-order valence-electron chi connectivity index (χ2n) is 7.98. The molecule has 2 aliphatic carbocycles. The first-order valence-corrected chi connectivity index (χ1v) is 8.75. The van der Waals surface area contributed by atoms with Crippen molar-refractivity contribution in [2.24, 2.45) is 11.3 Å². The molecule has 2 unspecified atom stereocenters. The Bertz CT molecular complexity index is 472. The summed E-state index contributed by atoms with van der Waals surface area (Å²) >= 11 is 0. The maximum atomic E-state index is 5.53. The smallest absolute Gasteiger partial charge is 0.140 e. The van der Waals surface area contributed by atoms with Gasteiger partial charge in [0.15, 0.2) is 0 Å². The average Bonchev–Trinajstić information content (AvgIpc) is 2.88. The van der Waals surface area contributed by atoms with Gasteiger partial charge in [0.05, 0.1) is 0 Å². The number of fused-ring (bicyclic) bond motifs is 1. The molecular weight excluding hydrogens is 260 g/mol. The summed E-state index contributed by atoms with van der Waals surface area (Å²) in [5.41, 5.74) is 2.96. The molecule has 1 fully saturated rings. The zero-order valence-corrected chi connectivity index (χ0v) is 13.9. The topological polar surface area (TPSA) is 38.1 Å². The van der Waals surface area contributed by atoms with Crippen LogP contribution in [0, 0.1) is 11.3 Å². The van der Waals surface area contributed by atoms with Crippen LogP contribution in [0.4, 0.5) is 0 Å². The van der Waals surface area contributed by atoms with Crippen molar-refractivity contribution in [1.29, 1.82) is 0 Å². The van der Waals surface area contributed by atoms with Crippen LogP contribution in [0.15, 0.2) is 4.52 Å². The number of hydrogen-bond donors (Lipinski definition) is 1. The number of rotatable bonds is 3. The van der Waals surface area contributed by atoms with Crippen molar-refractivity contribution in [1.82, 2.24) is 10.5 Å². The van der Waals surface area contributed by atoms with E-state index < -0.39 is 0 Å². The second kappa shape index (κ2) is 6.12. The van der Waals surface area contributed by atoms with Gasteiger partial charge < -0.3 is 9.84 Å². The fraction of sp³-hybridized carbons (Fsp3) is 0.833. The van der Waals surface area contributed by atoms with Gasteiger partial charge >= 0.3 is 0 Å². The summed E-state index contributed by atoms with van der Waals surface area (Å²) in [6.45, 7) is 8.04. The highest BCUT2D eigenvalue weighted by molar-refractivity contribution is 5.25. The van der Waals surface area contributed by atoms with Crippen LogP contribution in [-0.4, -0.2) is 11.2 Å². The Morgan fingerprint density at radius 1 is 1.10 bits per heavy atom. The first-order chi connectivity index (χ1) is 10.1. The molecule has 1 N–H and O–H groups in total. The van der Waals surface area contributed by atoms with E-state index in [0.717, 1.165) is 31.1 Å². The molecule has 1 aromatic heterocycles. The largest absolute Gasteiger partial charge is 0.361 e. The fourth-order valence-electron chi connectivity index (χ4n) is 4.23. The van der Waals surface area contributed by atoms with E-state index in [1.807, 2.05) is 0 Å². The van der Waals surface area contributed by atoms with Gasteiger partial charge in [-0.3, -0.25) is 0 Å². The predicted molar refractivity (Wildman–Crippen MR) is 85.2 cm³/mol. The van der Waals surface area contributed by atoms with Crippen molar-refractivity contribution in [3.8, 4) is 0 Å². The Labute approximate surface area is 128 Å². The summed E-state index contributed by atoms with van der Waals surface area (Å²) in [5, 5.41) is 8.14. The van der Waals surface area contributed by atoms with Gasteiger partial charge in [0, 0.05) is 24.6 Å². The Balaban J connectivity index is 1.64. The molecule has 2 aliphatic rings. The summed E-state index contributed by atoms with van der Waals surface area (Å²) in [7, 11) is 0. The van der Waals surface area contributed by atoms with Crippen LogP contribution in [0.3, 0.4) is 0 Å². The number of nitrogens with zero attached hydrogens (tertiary/aromatic N) is 1. The van der Waals surface area contributed by atoms with Gasteiger partial charge in [0.25, 0.3) is 0 Å². The molecule has 3 heteroatoms. The summed E-state index contributed by atoms with van der Waals surface area (Å²) in [4.78, 5) is 0. The monoisotopic (exact) mass is 290 g/mol. The van der Waals surface area contributed by atoms with Crippen LogP contribution in [0.2, 0.25) is 0 Å². The van der Waals surface area contributed by atoms with Gasteiger partial charge in [-0.15, -0.1) is 0 Å². The molecule has 3 rings (SSSR count). The fourth-order valence-corrected chi connectivity index (χ4v) is 4.23. The molecule has 1 aromatic rings. The molecule has 0 bridgehead atoms. The lowest BCUT2D eigenvalue weighted by atomic mass is 9.69. The minimum Gasteiger partial charge on any atom is -0.361 e. The summed E-state index contributed by atoms with van der Waals surface area (Å²) in [6, 6.07) is 0.634. The van der Waals surface area contributed by atoms with Gasteiger partial charge in [-0.25, -0.2) is 0 Å². The maximum absolute atomic E-state index is 5.53. The lowest BCUT2D eigenvalue weighted by Crippen LogP contribution is -2.44. The van der Waals surface area contributed by atoms with Crippen molar-refractivity contribution in [2.75, 3.05) is 0 Å². The molecule has 0 saturated heterocycles. The van der Waals surface area contributed by atoms with Gasteiger partial charge in [-0.05, 0) is 43.4 Å². The number of hydrogen-bond acceptors (Lipinski definition) is 3. The van der Waals surface area contributed by atoms with E-state index in [-0.39, 0.29) is 0 Å². The van der Waals surface area contributed by atoms with E-state index in [1.54, 1.807) is 0 Å². The number of aromatic nitrogens is 1. The SMILES string of the molecule is CC(C)(C)C1CCCCC1NCc1noc2c1CCCC2. The minimum atomic E-state index is 0.390. The van der Waals surface area contributed by atoms with E-state index in [4.69, 9.17) is 4.52 Å². The van der Waals surface area contributed by atoms with Gasteiger partial charge in [-0.1, -0.05) is 38.8 Å². The highest BCUT2D eigenvalue weighted by Crippen LogP contribution is 2.38. The normalized spacial score (nSPS) is 26.6. The van der Waals surface area contributed by atoms with Crippen molar-refractivity contribution in [3.05, 3.63) is 17.0 Å². The highest BCUT2D eigenvalue weighted by Gasteiger charge is 2.34. The molecule has 1 heterocycles.